The summed E-state index contributed by atoms with van der Waals surface area (Å²) in [6.07, 6.45) is 0. The molecular weight excluding hydrogens is 276 g/mol. The lowest BCUT2D eigenvalue weighted by atomic mass is 10.3. The van der Waals surface area contributed by atoms with Gasteiger partial charge >= 0.3 is 0 Å². The van der Waals surface area contributed by atoms with Gasteiger partial charge in [0.05, 0.1) is 16.0 Å². The van der Waals surface area contributed by atoms with Gasteiger partial charge in [-0.3, -0.25) is 4.79 Å². The number of rotatable bonds is 3. The molecule has 0 bridgehead atoms. The zero-order valence-electron chi connectivity index (χ0n) is 9.44. The van der Waals surface area contributed by atoms with Crippen LogP contribution in [0.3, 0.4) is 0 Å². The largest absolute Gasteiger partial charge is 0.348 e. The first-order valence-electron chi connectivity index (χ1n) is 4.95. The van der Waals surface area contributed by atoms with E-state index in [0.29, 0.717) is 10.8 Å². The third-order valence-corrected chi connectivity index (χ3v) is 4.55. The molecule has 0 fully saturated rings. The van der Waals surface area contributed by atoms with E-state index in [2.05, 4.69) is 4.98 Å². The van der Waals surface area contributed by atoms with Gasteiger partial charge in [-0.05, 0) is 18.2 Å². The van der Waals surface area contributed by atoms with E-state index in [1.165, 1.54) is 11.8 Å². The van der Waals surface area contributed by atoms with E-state index in [4.69, 9.17) is 11.6 Å². The van der Waals surface area contributed by atoms with Crippen molar-refractivity contribution in [2.75, 3.05) is 19.8 Å². The predicted octanol–water partition coefficient (Wildman–Crippen LogP) is 3.13. The second-order valence-electron chi connectivity index (χ2n) is 3.67. The predicted molar refractivity (Wildman–Crippen MR) is 74.0 cm³/mol. The van der Waals surface area contributed by atoms with Gasteiger partial charge in [-0.25, -0.2) is 4.98 Å². The summed E-state index contributed by atoms with van der Waals surface area (Å²) in [4.78, 5) is 17.5. The van der Waals surface area contributed by atoms with Gasteiger partial charge < -0.3 is 4.90 Å². The molecule has 1 aromatic heterocycles. The molecule has 3 nitrogen and oxygen atoms in total. The molecule has 1 aromatic carbocycles. The smallest absolute Gasteiger partial charge is 0.232 e. The monoisotopic (exact) mass is 286 g/mol. The molecule has 0 saturated carbocycles. The van der Waals surface area contributed by atoms with Crippen LogP contribution in [0, 0.1) is 0 Å². The van der Waals surface area contributed by atoms with Gasteiger partial charge in [-0.2, -0.15) is 0 Å². The molecule has 6 heteroatoms. The van der Waals surface area contributed by atoms with Gasteiger partial charge in [0.25, 0.3) is 0 Å². The van der Waals surface area contributed by atoms with Crippen LogP contribution < -0.4 is 0 Å². The SMILES string of the molecule is CN(C)C(=O)CSc1nc2cc(Cl)ccc2s1. The van der Waals surface area contributed by atoms with Gasteiger partial charge in [0.2, 0.25) is 5.91 Å². The Labute approximate surface area is 113 Å². The summed E-state index contributed by atoms with van der Waals surface area (Å²) in [6, 6.07) is 5.64. The topological polar surface area (TPSA) is 33.2 Å². The first-order valence-corrected chi connectivity index (χ1v) is 7.13. The summed E-state index contributed by atoms with van der Waals surface area (Å²) in [5.74, 6) is 0.507. The van der Waals surface area contributed by atoms with Crippen LogP contribution in [0.5, 0.6) is 0 Å². The van der Waals surface area contributed by atoms with Gasteiger partial charge in [0.1, 0.15) is 0 Å². The van der Waals surface area contributed by atoms with Crippen LogP contribution in [0.2, 0.25) is 5.02 Å². The number of amides is 1. The van der Waals surface area contributed by atoms with Crippen molar-refractivity contribution in [3.63, 3.8) is 0 Å². The molecule has 1 heterocycles. The molecular formula is C11H11ClN2OS2. The Balaban J connectivity index is 2.12. The van der Waals surface area contributed by atoms with Crippen LogP contribution in [0.25, 0.3) is 10.2 Å². The van der Waals surface area contributed by atoms with Gasteiger partial charge in [-0.1, -0.05) is 23.4 Å². The standard InChI is InChI=1S/C11H11ClN2OS2/c1-14(2)10(15)6-16-11-13-8-5-7(12)3-4-9(8)17-11/h3-5H,6H2,1-2H3. The Bertz CT molecular complexity index is 553. The van der Waals surface area contributed by atoms with Crippen LogP contribution in [0.4, 0.5) is 0 Å². The minimum Gasteiger partial charge on any atom is -0.348 e. The maximum Gasteiger partial charge on any atom is 0.232 e. The maximum absolute atomic E-state index is 11.4. The van der Waals surface area contributed by atoms with Crippen molar-refractivity contribution in [3.8, 4) is 0 Å². The van der Waals surface area contributed by atoms with Gasteiger partial charge in [0.15, 0.2) is 4.34 Å². The van der Waals surface area contributed by atoms with E-state index in [9.17, 15) is 4.79 Å². The van der Waals surface area contributed by atoms with E-state index in [1.54, 1.807) is 30.3 Å². The molecule has 0 unspecified atom stereocenters. The summed E-state index contributed by atoms with van der Waals surface area (Å²) in [7, 11) is 3.50. The van der Waals surface area contributed by atoms with E-state index in [0.717, 1.165) is 14.6 Å². The number of benzene rings is 1. The normalized spacial score (nSPS) is 10.8. The van der Waals surface area contributed by atoms with Gasteiger partial charge in [-0.15, -0.1) is 11.3 Å². The summed E-state index contributed by atoms with van der Waals surface area (Å²) in [5, 5.41) is 0.684. The second-order valence-corrected chi connectivity index (χ2v) is 6.36. The van der Waals surface area contributed by atoms with E-state index < -0.39 is 0 Å². The minimum absolute atomic E-state index is 0.0901. The number of halogens is 1. The molecule has 0 N–H and O–H groups in total. The highest BCUT2D eigenvalue weighted by Crippen LogP contribution is 2.30. The van der Waals surface area contributed by atoms with Crippen molar-refractivity contribution in [1.29, 1.82) is 0 Å². The molecule has 0 aliphatic rings. The van der Waals surface area contributed by atoms with Crippen molar-refractivity contribution < 1.29 is 4.79 Å². The van der Waals surface area contributed by atoms with Crippen LogP contribution in [-0.4, -0.2) is 35.6 Å². The fourth-order valence-electron chi connectivity index (χ4n) is 1.19. The van der Waals surface area contributed by atoms with Crippen molar-refractivity contribution >= 4 is 50.8 Å². The molecule has 0 aliphatic carbocycles. The molecule has 2 rings (SSSR count). The molecule has 1 amide bonds. The lowest BCUT2D eigenvalue weighted by Crippen LogP contribution is -2.23. The lowest BCUT2D eigenvalue weighted by molar-refractivity contribution is -0.125. The van der Waals surface area contributed by atoms with Crippen LogP contribution in [0.1, 0.15) is 0 Å². The zero-order chi connectivity index (χ0) is 12.4. The molecule has 17 heavy (non-hydrogen) atoms. The highest BCUT2D eigenvalue weighted by molar-refractivity contribution is 8.01. The molecule has 90 valence electrons. The summed E-state index contributed by atoms with van der Waals surface area (Å²) in [5.41, 5.74) is 0.891. The number of thiazole rings is 1. The third-order valence-electron chi connectivity index (χ3n) is 2.15. The number of hydrogen-bond acceptors (Lipinski definition) is 4. The highest BCUT2D eigenvalue weighted by Gasteiger charge is 2.09. The molecule has 0 aliphatic heterocycles. The Hall–Kier alpha value is -0.780. The fourth-order valence-corrected chi connectivity index (χ4v) is 3.39. The second kappa shape index (κ2) is 5.25. The highest BCUT2D eigenvalue weighted by atomic mass is 35.5. The van der Waals surface area contributed by atoms with Crippen molar-refractivity contribution in [1.82, 2.24) is 9.88 Å². The lowest BCUT2D eigenvalue weighted by Gasteiger charge is -2.07. The van der Waals surface area contributed by atoms with Crippen LogP contribution in [-0.2, 0) is 4.79 Å². The molecule has 0 radical (unpaired) electrons. The summed E-state index contributed by atoms with van der Waals surface area (Å²) in [6.45, 7) is 0. The number of carbonyl (C=O) groups excluding carboxylic acids is 1. The average molecular weight is 287 g/mol. The number of nitrogens with zero attached hydrogens (tertiary/aromatic N) is 2. The number of thioether (sulfide) groups is 1. The Morgan fingerprint density at radius 2 is 2.29 bits per heavy atom. The fraction of sp³-hybridized carbons (Fsp3) is 0.273. The molecule has 0 spiro atoms. The number of aromatic nitrogens is 1. The first-order chi connectivity index (χ1) is 8.06. The maximum atomic E-state index is 11.4. The minimum atomic E-state index is 0.0901. The zero-order valence-corrected chi connectivity index (χ0v) is 11.8. The molecule has 0 atom stereocenters. The average Bonchev–Trinajstić information content (AvgIpc) is 2.67. The Kier molecular flexibility index (Phi) is 3.91. The number of fused-ring (bicyclic) bond motifs is 1. The third kappa shape index (κ3) is 3.12. The summed E-state index contributed by atoms with van der Waals surface area (Å²) >= 11 is 8.94. The van der Waals surface area contributed by atoms with Crippen molar-refractivity contribution in [2.24, 2.45) is 0 Å². The quantitative estimate of drug-likeness (QED) is 0.813. The molecule has 2 aromatic rings. The van der Waals surface area contributed by atoms with Crippen LogP contribution in [0.15, 0.2) is 22.5 Å². The van der Waals surface area contributed by atoms with Crippen molar-refractivity contribution in [2.45, 2.75) is 4.34 Å². The Morgan fingerprint density at radius 3 is 3.00 bits per heavy atom. The van der Waals surface area contributed by atoms with Crippen LogP contribution >= 0.6 is 34.7 Å². The van der Waals surface area contributed by atoms with E-state index >= 15 is 0 Å². The number of carbonyl (C=O) groups is 1. The van der Waals surface area contributed by atoms with E-state index in [1.807, 2.05) is 18.2 Å². The number of hydrogen-bond donors (Lipinski definition) is 0. The Morgan fingerprint density at radius 1 is 1.53 bits per heavy atom. The van der Waals surface area contributed by atoms with Gasteiger partial charge in [0, 0.05) is 19.1 Å². The summed E-state index contributed by atoms with van der Waals surface area (Å²) < 4.78 is 1.99. The molecule has 0 saturated heterocycles. The first kappa shape index (κ1) is 12.7. The van der Waals surface area contributed by atoms with Crippen molar-refractivity contribution in [3.05, 3.63) is 23.2 Å². The van der Waals surface area contributed by atoms with E-state index in [-0.39, 0.29) is 5.91 Å².